The number of pyridine rings is 2. The van der Waals surface area contributed by atoms with E-state index in [2.05, 4.69) is 20.4 Å². The average molecular weight is 498 g/mol. The van der Waals surface area contributed by atoms with E-state index in [9.17, 15) is 18.0 Å². The van der Waals surface area contributed by atoms with Crippen molar-refractivity contribution in [3.05, 3.63) is 59.7 Å². The second-order valence-corrected chi connectivity index (χ2v) is 10.1. The summed E-state index contributed by atoms with van der Waals surface area (Å²) in [5, 5.41) is 7.82. The summed E-state index contributed by atoms with van der Waals surface area (Å²) in [6.07, 6.45) is 2.84. The molecule has 0 radical (unpaired) electrons. The van der Waals surface area contributed by atoms with E-state index in [1.807, 2.05) is 33.8 Å². The van der Waals surface area contributed by atoms with Crippen LogP contribution in [0.1, 0.15) is 49.1 Å². The van der Waals surface area contributed by atoms with Crippen LogP contribution in [0.4, 0.5) is 23.8 Å². The number of aryl methyl sites for hydroxylation is 1. The number of likely N-dealkylation sites (tertiary alicyclic amines) is 1. The minimum Gasteiger partial charge on any atom is -0.383 e. The third-order valence-corrected chi connectivity index (χ3v) is 7.99. The van der Waals surface area contributed by atoms with Crippen molar-refractivity contribution in [3.63, 3.8) is 0 Å². The van der Waals surface area contributed by atoms with E-state index in [-0.39, 0.29) is 17.0 Å². The second-order valence-electron chi connectivity index (χ2n) is 10.1. The van der Waals surface area contributed by atoms with Crippen LogP contribution >= 0.6 is 0 Å². The van der Waals surface area contributed by atoms with E-state index < -0.39 is 23.1 Å². The number of aromatic nitrogens is 4. The number of carbonyl (C=O) groups excluding carboxylic acids is 1. The third-order valence-electron chi connectivity index (χ3n) is 7.99. The van der Waals surface area contributed by atoms with Crippen molar-refractivity contribution in [2.24, 2.45) is 0 Å². The number of fused-ring (bicyclic) bond motifs is 2. The molecule has 2 fully saturated rings. The Morgan fingerprint density at radius 1 is 1.08 bits per heavy atom. The van der Waals surface area contributed by atoms with Crippen molar-refractivity contribution in [2.45, 2.75) is 55.8 Å². The summed E-state index contributed by atoms with van der Waals surface area (Å²) < 4.78 is 41.8. The molecule has 1 aliphatic carbocycles. The van der Waals surface area contributed by atoms with Gasteiger partial charge in [-0.25, -0.2) is 9.78 Å². The monoisotopic (exact) mass is 497 g/mol. The van der Waals surface area contributed by atoms with Gasteiger partial charge in [-0.1, -0.05) is 6.07 Å². The van der Waals surface area contributed by atoms with Gasteiger partial charge in [0.2, 0.25) is 0 Å². The van der Waals surface area contributed by atoms with Crippen LogP contribution in [0.2, 0.25) is 0 Å². The number of nitrogens with two attached hydrogens (primary N) is 1. The highest BCUT2D eigenvalue weighted by atomic mass is 19.4. The normalized spacial score (nSPS) is 22.5. The summed E-state index contributed by atoms with van der Waals surface area (Å²) in [5.41, 5.74) is 6.32. The van der Waals surface area contributed by atoms with Crippen LogP contribution < -0.4 is 11.1 Å². The summed E-state index contributed by atoms with van der Waals surface area (Å²) in [6.45, 7) is 1.79. The molecule has 1 spiro atoms. The second kappa shape index (κ2) is 7.94. The molecule has 1 atom stereocenters. The Bertz CT molecular complexity index is 1320. The predicted octanol–water partition coefficient (Wildman–Crippen LogP) is 4.08. The Labute approximate surface area is 205 Å². The largest absolute Gasteiger partial charge is 0.419 e. The van der Waals surface area contributed by atoms with Crippen molar-refractivity contribution in [2.75, 3.05) is 18.8 Å². The summed E-state index contributed by atoms with van der Waals surface area (Å²) in [4.78, 5) is 23.4. The number of hydrogen-bond donors (Lipinski definition) is 2. The van der Waals surface area contributed by atoms with E-state index in [0.29, 0.717) is 25.3 Å². The van der Waals surface area contributed by atoms with Gasteiger partial charge >= 0.3 is 12.2 Å². The van der Waals surface area contributed by atoms with Gasteiger partial charge in [0, 0.05) is 48.7 Å². The van der Waals surface area contributed by atoms with Crippen LogP contribution in [0.3, 0.4) is 0 Å². The predicted molar refractivity (Wildman–Crippen MR) is 126 cm³/mol. The SMILES string of the molecule is Nc1ncc(-c2cc3n(n2)CC[C@@]32CCN(C(=O)NC3(c4ccccn4)CCC3)C2)cc1C(F)(F)F. The molecule has 2 amide bonds. The highest BCUT2D eigenvalue weighted by Gasteiger charge is 2.49. The van der Waals surface area contributed by atoms with Crippen molar-refractivity contribution in [1.29, 1.82) is 0 Å². The lowest BCUT2D eigenvalue weighted by atomic mass is 9.74. The van der Waals surface area contributed by atoms with E-state index in [0.717, 1.165) is 49.6 Å². The lowest BCUT2D eigenvalue weighted by Gasteiger charge is -2.42. The summed E-state index contributed by atoms with van der Waals surface area (Å²) >= 11 is 0. The number of halogens is 3. The number of hydrogen-bond acceptors (Lipinski definition) is 5. The standard InChI is InChI=1S/C25H26F3N7O/c26-25(27,28)17-12-16(14-31-21(17)29)18-13-20-23(8-11-35(20)33-18)7-10-34(15-23)22(36)32-24(5-3-6-24)19-4-1-2-9-30-19/h1-2,4,9,12-14H,3,5-8,10-11,15H2,(H2,29,31)(H,32,36)/t23-/m1/s1. The molecule has 3 aromatic heterocycles. The van der Waals surface area contributed by atoms with Crippen LogP contribution in [-0.4, -0.2) is 43.8 Å². The zero-order chi connectivity index (χ0) is 25.1. The molecule has 3 N–H and O–H groups in total. The molecule has 188 valence electrons. The molecule has 0 bridgehead atoms. The van der Waals surface area contributed by atoms with Gasteiger partial charge in [-0.2, -0.15) is 18.3 Å². The van der Waals surface area contributed by atoms with Gasteiger partial charge in [-0.05, 0) is 56.4 Å². The van der Waals surface area contributed by atoms with Gasteiger partial charge in [0.05, 0.1) is 22.5 Å². The van der Waals surface area contributed by atoms with E-state index in [4.69, 9.17) is 5.73 Å². The number of nitrogens with one attached hydrogen (secondary N) is 1. The van der Waals surface area contributed by atoms with Crippen molar-refractivity contribution in [3.8, 4) is 11.3 Å². The van der Waals surface area contributed by atoms with Crippen LogP contribution in [-0.2, 0) is 23.7 Å². The Morgan fingerprint density at radius 2 is 1.89 bits per heavy atom. The fourth-order valence-electron chi connectivity index (χ4n) is 5.81. The smallest absolute Gasteiger partial charge is 0.383 e. The number of amides is 2. The number of anilines is 1. The Morgan fingerprint density at radius 3 is 2.58 bits per heavy atom. The van der Waals surface area contributed by atoms with Crippen LogP contribution in [0, 0.1) is 0 Å². The lowest BCUT2D eigenvalue weighted by Crippen LogP contribution is -2.55. The number of carbonyl (C=O) groups is 1. The maximum atomic E-state index is 13.3. The fourth-order valence-corrected chi connectivity index (χ4v) is 5.81. The van der Waals surface area contributed by atoms with Gasteiger partial charge in [-0.15, -0.1) is 0 Å². The molecule has 1 saturated heterocycles. The molecular formula is C25H26F3N7O. The minimum absolute atomic E-state index is 0.104. The topological polar surface area (TPSA) is 102 Å². The maximum Gasteiger partial charge on any atom is 0.419 e. The molecule has 6 rings (SSSR count). The maximum absolute atomic E-state index is 13.3. The molecule has 11 heteroatoms. The van der Waals surface area contributed by atoms with E-state index in [1.54, 1.807) is 6.20 Å². The Kier molecular flexibility index (Phi) is 5.03. The summed E-state index contributed by atoms with van der Waals surface area (Å²) in [7, 11) is 0. The third kappa shape index (κ3) is 3.59. The first kappa shape index (κ1) is 22.8. The Hall–Kier alpha value is -3.63. The van der Waals surface area contributed by atoms with Gasteiger partial charge < -0.3 is 16.0 Å². The molecule has 5 heterocycles. The molecule has 3 aromatic rings. The molecule has 3 aliphatic rings. The minimum atomic E-state index is -4.59. The number of rotatable bonds is 3. The van der Waals surface area contributed by atoms with Crippen molar-refractivity contribution < 1.29 is 18.0 Å². The molecule has 2 aliphatic heterocycles. The number of nitrogens with zero attached hydrogens (tertiary/aromatic N) is 5. The number of nitrogen functional groups attached to an aromatic ring is 1. The van der Waals surface area contributed by atoms with Gasteiger partial charge in [0.25, 0.3) is 0 Å². The van der Waals surface area contributed by atoms with E-state index in [1.165, 1.54) is 6.20 Å². The molecular weight excluding hydrogens is 471 g/mol. The first-order chi connectivity index (χ1) is 17.2. The van der Waals surface area contributed by atoms with Crippen molar-refractivity contribution in [1.82, 2.24) is 30.0 Å². The first-order valence-corrected chi connectivity index (χ1v) is 12.1. The van der Waals surface area contributed by atoms with Crippen molar-refractivity contribution >= 4 is 11.8 Å². The first-order valence-electron chi connectivity index (χ1n) is 12.1. The van der Waals surface area contributed by atoms with Gasteiger partial charge in [0.1, 0.15) is 5.82 Å². The Balaban J connectivity index is 1.22. The van der Waals surface area contributed by atoms with Crippen LogP contribution in [0.15, 0.2) is 42.7 Å². The fraction of sp³-hybridized carbons (Fsp3) is 0.440. The van der Waals surface area contributed by atoms with Crippen LogP contribution in [0.25, 0.3) is 11.3 Å². The zero-order valence-electron chi connectivity index (χ0n) is 19.6. The molecule has 8 nitrogen and oxygen atoms in total. The quantitative estimate of drug-likeness (QED) is 0.568. The molecule has 1 saturated carbocycles. The van der Waals surface area contributed by atoms with Gasteiger partial charge in [-0.3, -0.25) is 9.67 Å². The average Bonchev–Trinajstić information content (AvgIpc) is 3.53. The van der Waals surface area contributed by atoms with E-state index >= 15 is 0 Å². The molecule has 0 aromatic carbocycles. The highest BCUT2D eigenvalue weighted by molar-refractivity contribution is 5.76. The number of urea groups is 1. The zero-order valence-corrected chi connectivity index (χ0v) is 19.6. The van der Waals surface area contributed by atoms with Gasteiger partial charge in [0.15, 0.2) is 0 Å². The summed E-state index contributed by atoms with van der Waals surface area (Å²) in [5.74, 6) is -0.554. The van der Waals surface area contributed by atoms with Crippen LogP contribution in [0.5, 0.6) is 0 Å². The highest BCUT2D eigenvalue weighted by Crippen LogP contribution is 2.45. The summed E-state index contributed by atoms with van der Waals surface area (Å²) in [6, 6.07) is 8.49. The lowest BCUT2D eigenvalue weighted by molar-refractivity contribution is -0.137. The molecule has 36 heavy (non-hydrogen) atoms. The molecule has 0 unspecified atom stereocenters. The number of alkyl halides is 3.